The molecule has 0 bridgehead atoms. The van der Waals surface area contributed by atoms with Crippen LogP contribution < -0.4 is 4.74 Å². The lowest BCUT2D eigenvalue weighted by atomic mass is 10.0. The number of benzene rings is 1. The first kappa shape index (κ1) is 17.3. The highest BCUT2D eigenvalue weighted by molar-refractivity contribution is 9.10. The van der Waals surface area contributed by atoms with E-state index in [0.717, 1.165) is 46.1 Å². The molecule has 2 rings (SSSR count). The fraction of sp³-hybridized carbons (Fsp3) is 0.588. The van der Waals surface area contributed by atoms with Gasteiger partial charge in [-0.15, -0.1) is 0 Å². The minimum atomic E-state index is -0.195. The second-order valence-electron chi connectivity index (χ2n) is 6.50. The van der Waals surface area contributed by atoms with E-state index in [1.54, 1.807) is 7.11 Å². The van der Waals surface area contributed by atoms with E-state index < -0.39 is 0 Å². The fourth-order valence-corrected chi connectivity index (χ4v) is 3.02. The summed E-state index contributed by atoms with van der Waals surface area (Å²) in [6.07, 6.45) is 3.27. The fourth-order valence-electron chi connectivity index (χ4n) is 2.51. The number of hydrogen-bond acceptors (Lipinski definition) is 3. The van der Waals surface area contributed by atoms with Gasteiger partial charge in [0.25, 0.3) is 0 Å². The molecule has 2 aromatic rings. The number of nitrogens with one attached hydrogen (secondary N) is 1. The predicted molar refractivity (Wildman–Crippen MR) is 93.4 cm³/mol. The Morgan fingerprint density at radius 3 is 2.64 bits per heavy atom. The normalized spacial score (nSPS) is 13.5. The molecule has 0 spiro atoms. The molecule has 0 aliphatic rings. The topological polar surface area (TPSA) is 47.1 Å². The Kier molecular flexibility index (Phi) is 5.50. The van der Waals surface area contributed by atoms with E-state index >= 15 is 0 Å². The van der Waals surface area contributed by atoms with Gasteiger partial charge in [-0.25, -0.2) is 0 Å². The molecule has 1 N–H and O–H groups in total. The van der Waals surface area contributed by atoms with E-state index in [1.165, 1.54) is 0 Å². The maximum Gasteiger partial charge on any atom is 0.135 e. The third-order valence-corrected chi connectivity index (χ3v) is 4.11. The van der Waals surface area contributed by atoms with Crippen molar-refractivity contribution < 1.29 is 9.47 Å². The minimum Gasteiger partial charge on any atom is -0.495 e. The molecular weight excluding hydrogens is 344 g/mol. The zero-order valence-electron chi connectivity index (χ0n) is 14.0. The molecule has 22 heavy (non-hydrogen) atoms. The van der Waals surface area contributed by atoms with Crippen LogP contribution >= 0.6 is 15.9 Å². The predicted octanol–water partition coefficient (Wildman–Crippen LogP) is 5.38. The van der Waals surface area contributed by atoms with E-state index in [1.807, 2.05) is 6.07 Å². The second-order valence-corrected chi connectivity index (χ2v) is 7.36. The van der Waals surface area contributed by atoms with Crippen molar-refractivity contribution in [1.29, 1.82) is 0 Å². The average molecular weight is 369 g/mol. The maximum absolute atomic E-state index is 6.27. The summed E-state index contributed by atoms with van der Waals surface area (Å²) < 4.78 is 12.5. The number of rotatable bonds is 6. The van der Waals surface area contributed by atoms with Crippen molar-refractivity contribution in [3.63, 3.8) is 0 Å². The molecule has 122 valence electrons. The van der Waals surface area contributed by atoms with Crippen LogP contribution in [0.3, 0.4) is 0 Å². The van der Waals surface area contributed by atoms with Gasteiger partial charge in [-0.3, -0.25) is 5.10 Å². The zero-order chi connectivity index (χ0) is 16.3. The van der Waals surface area contributed by atoms with Gasteiger partial charge in [0.2, 0.25) is 0 Å². The summed E-state index contributed by atoms with van der Waals surface area (Å²) in [7, 11) is 1.66. The number of H-pyrrole nitrogens is 1. The lowest BCUT2D eigenvalue weighted by molar-refractivity contribution is -0.0670. The Labute approximate surface area is 140 Å². The first-order valence-electron chi connectivity index (χ1n) is 7.75. The van der Waals surface area contributed by atoms with Gasteiger partial charge in [0.1, 0.15) is 11.9 Å². The number of aromatic amines is 1. The van der Waals surface area contributed by atoms with Crippen molar-refractivity contribution in [1.82, 2.24) is 10.2 Å². The SMILES string of the molecule is CCCCC(OC(C)(C)C)c1[nH]nc2cc(OC)c(Br)cc12. The van der Waals surface area contributed by atoms with Gasteiger partial charge in [-0.05, 0) is 49.2 Å². The summed E-state index contributed by atoms with van der Waals surface area (Å²) in [5.74, 6) is 0.785. The zero-order valence-corrected chi connectivity index (χ0v) is 15.6. The molecule has 0 fully saturated rings. The molecular formula is C17H25BrN2O2. The average Bonchev–Trinajstić information content (AvgIpc) is 2.84. The van der Waals surface area contributed by atoms with Crippen LogP contribution in [-0.2, 0) is 4.74 Å². The van der Waals surface area contributed by atoms with E-state index in [2.05, 4.69) is 59.9 Å². The van der Waals surface area contributed by atoms with Gasteiger partial charge in [0.15, 0.2) is 0 Å². The van der Waals surface area contributed by atoms with Crippen LogP contribution in [-0.4, -0.2) is 22.9 Å². The van der Waals surface area contributed by atoms with Crippen molar-refractivity contribution in [3.05, 3.63) is 22.3 Å². The smallest absolute Gasteiger partial charge is 0.135 e. The van der Waals surface area contributed by atoms with Crippen LogP contribution in [0.2, 0.25) is 0 Å². The highest BCUT2D eigenvalue weighted by Crippen LogP contribution is 2.36. The lowest BCUT2D eigenvalue weighted by Gasteiger charge is -2.27. The molecule has 0 amide bonds. The van der Waals surface area contributed by atoms with Gasteiger partial charge in [-0.1, -0.05) is 19.8 Å². The summed E-state index contributed by atoms with van der Waals surface area (Å²) in [5.41, 5.74) is 1.75. The van der Waals surface area contributed by atoms with Crippen LogP contribution in [0.1, 0.15) is 58.8 Å². The minimum absolute atomic E-state index is 0.0187. The van der Waals surface area contributed by atoms with Crippen molar-refractivity contribution >= 4 is 26.8 Å². The Bertz CT molecular complexity index is 631. The van der Waals surface area contributed by atoms with Crippen molar-refractivity contribution in [3.8, 4) is 5.75 Å². The first-order valence-corrected chi connectivity index (χ1v) is 8.54. The lowest BCUT2D eigenvalue weighted by Crippen LogP contribution is -2.23. The molecule has 0 saturated carbocycles. The molecule has 0 radical (unpaired) electrons. The van der Waals surface area contributed by atoms with E-state index in [-0.39, 0.29) is 11.7 Å². The molecule has 1 heterocycles. The van der Waals surface area contributed by atoms with Crippen molar-refractivity contribution in [2.45, 2.75) is 58.7 Å². The number of fused-ring (bicyclic) bond motifs is 1. The standard InChI is InChI=1S/C17H25BrN2O2/c1-6-7-8-14(22-17(2,3)4)16-11-9-12(18)15(21-5)10-13(11)19-20-16/h9-10,14H,6-8H2,1-5H3,(H,19,20). The van der Waals surface area contributed by atoms with Gasteiger partial charge < -0.3 is 9.47 Å². The van der Waals surface area contributed by atoms with Crippen LogP contribution in [0.15, 0.2) is 16.6 Å². The number of unbranched alkanes of at least 4 members (excludes halogenated alkanes) is 1. The number of methoxy groups -OCH3 is 1. The van der Waals surface area contributed by atoms with Crippen LogP contribution in [0.4, 0.5) is 0 Å². The summed E-state index contributed by atoms with van der Waals surface area (Å²) in [4.78, 5) is 0. The first-order chi connectivity index (χ1) is 10.4. The van der Waals surface area contributed by atoms with E-state index in [0.29, 0.717) is 0 Å². The molecule has 0 saturated heterocycles. The number of aromatic nitrogens is 2. The molecule has 1 atom stereocenters. The number of nitrogens with zero attached hydrogens (tertiary/aromatic N) is 1. The molecule has 1 aromatic carbocycles. The number of ether oxygens (including phenoxy) is 2. The van der Waals surface area contributed by atoms with Gasteiger partial charge in [0, 0.05) is 11.5 Å². The van der Waals surface area contributed by atoms with Crippen LogP contribution in [0.5, 0.6) is 5.75 Å². The highest BCUT2D eigenvalue weighted by Gasteiger charge is 2.24. The summed E-state index contributed by atoms with van der Waals surface area (Å²) >= 11 is 3.55. The van der Waals surface area contributed by atoms with Crippen LogP contribution in [0.25, 0.3) is 10.9 Å². The summed E-state index contributed by atoms with van der Waals surface area (Å²) in [6.45, 7) is 8.46. The largest absolute Gasteiger partial charge is 0.495 e. The quantitative estimate of drug-likeness (QED) is 0.744. The summed E-state index contributed by atoms with van der Waals surface area (Å²) in [5, 5.41) is 8.68. The summed E-state index contributed by atoms with van der Waals surface area (Å²) in [6, 6.07) is 3.99. The van der Waals surface area contributed by atoms with Gasteiger partial charge in [-0.2, -0.15) is 5.10 Å². The Morgan fingerprint density at radius 1 is 1.32 bits per heavy atom. The monoisotopic (exact) mass is 368 g/mol. The second kappa shape index (κ2) is 7.01. The number of halogens is 1. The van der Waals surface area contributed by atoms with Gasteiger partial charge in [0.05, 0.1) is 28.4 Å². The Hall–Kier alpha value is -1.07. The van der Waals surface area contributed by atoms with Crippen LogP contribution in [0, 0.1) is 0 Å². The molecule has 0 aliphatic carbocycles. The van der Waals surface area contributed by atoms with E-state index in [4.69, 9.17) is 9.47 Å². The Morgan fingerprint density at radius 2 is 2.05 bits per heavy atom. The molecule has 1 unspecified atom stereocenters. The third-order valence-electron chi connectivity index (χ3n) is 3.49. The van der Waals surface area contributed by atoms with E-state index in [9.17, 15) is 0 Å². The van der Waals surface area contributed by atoms with Crippen molar-refractivity contribution in [2.24, 2.45) is 0 Å². The maximum atomic E-state index is 6.27. The Balaban J connectivity index is 2.42. The molecule has 1 aromatic heterocycles. The molecule has 0 aliphatic heterocycles. The van der Waals surface area contributed by atoms with Gasteiger partial charge >= 0.3 is 0 Å². The third kappa shape index (κ3) is 4.02. The molecule has 5 heteroatoms. The number of hydrogen-bond donors (Lipinski definition) is 1. The van der Waals surface area contributed by atoms with Crippen molar-refractivity contribution in [2.75, 3.05) is 7.11 Å². The molecule has 4 nitrogen and oxygen atoms in total. The highest BCUT2D eigenvalue weighted by atomic mass is 79.9.